The van der Waals surface area contributed by atoms with Crippen molar-refractivity contribution in [2.75, 3.05) is 11.9 Å². The number of carboxylic acids is 1. The fourth-order valence-electron chi connectivity index (χ4n) is 1.29. The summed E-state index contributed by atoms with van der Waals surface area (Å²) in [5.41, 5.74) is -0.130. The van der Waals surface area contributed by atoms with Crippen molar-refractivity contribution in [2.45, 2.75) is 12.5 Å². The first-order valence-electron chi connectivity index (χ1n) is 5.30. The first-order valence-corrected chi connectivity index (χ1v) is 5.68. The molecule has 1 atom stereocenters. The van der Waals surface area contributed by atoms with Crippen molar-refractivity contribution in [2.24, 2.45) is 0 Å². The lowest BCUT2D eigenvalue weighted by Gasteiger charge is -2.14. The molecule has 0 aliphatic carbocycles. The standard InChI is InChI=1S/C11H12ClFN2O4/c12-6-1-2-8(7(13)5-6)14-11(19)15-9(3-4-16)10(17)18/h1-2,5,9,16H,3-4H2,(H,17,18)(H2,14,15,19). The summed E-state index contributed by atoms with van der Waals surface area (Å²) in [7, 11) is 0. The predicted molar refractivity (Wildman–Crippen MR) is 66.7 cm³/mol. The van der Waals surface area contributed by atoms with Crippen molar-refractivity contribution in [3.63, 3.8) is 0 Å². The van der Waals surface area contributed by atoms with Crippen LogP contribution in [0, 0.1) is 5.82 Å². The number of urea groups is 1. The molecule has 1 rings (SSSR count). The van der Waals surface area contributed by atoms with E-state index in [2.05, 4.69) is 10.6 Å². The number of aliphatic hydroxyl groups is 1. The van der Waals surface area contributed by atoms with Crippen LogP contribution in [0.1, 0.15) is 6.42 Å². The van der Waals surface area contributed by atoms with E-state index >= 15 is 0 Å². The number of halogens is 2. The number of aliphatic carboxylic acids is 1. The van der Waals surface area contributed by atoms with Crippen LogP contribution < -0.4 is 10.6 Å². The fraction of sp³-hybridized carbons (Fsp3) is 0.273. The van der Waals surface area contributed by atoms with Gasteiger partial charge in [0.15, 0.2) is 0 Å². The molecule has 19 heavy (non-hydrogen) atoms. The Morgan fingerprint density at radius 1 is 1.42 bits per heavy atom. The van der Waals surface area contributed by atoms with Gasteiger partial charge in [0.2, 0.25) is 0 Å². The van der Waals surface area contributed by atoms with E-state index in [-0.39, 0.29) is 17.1 Å². The van der Waals surface area contributed by atoms with Crippen LogP contribution in [0.2, 0.25) is 5.02 Å². The molecule has 0 fully saturated rings. The summed E-state index contributed by atoms with van der Waals surface area (Å²) in [5, 5.41) is 21.8. The van der Waals surface area contributed by atoms with Gasteiger partial charge in [0.1, 0.15) is 11.9 Å². The molecule has 6 nitrogen and oxygen atoms in total. The first-order chi connectivity index (χ1) is 8.93. The molecule has 0 radical (unpaired) electrons. The van der Waals surface area contributed by atoms with Gasteiger partial charge in [-0.05, 0) is 18.2 Å². The van der Waals surface area contributed by atoms with Gasteiger partial charge in [-0.1, -0.05) is 11.6 Å². The molecule has 0 heterocycles. The minimum absolute atomic E-state index is 0.130. The van der Waals surface area contributed by atoms with Crippen molar-refractivity contribution in [3.8, 4) is 0 Å². The lowest BCUT2D eigenvalue weighted by molar-refractivity contribution is -0.139. The maximum absolute atomic E-state index is 13.4. The largest absolute Gasteiger partial charge is 0.480 e. The Labute approximate surface area is 113 Å². The number of nitrogens with one attached hydrogen (secondary N) is 2. The van der Waals surface area contributed by atoms with E-state index in [1.807, 2.05) is 0 Å². The molecule has 0 aliphatic rings. The van der Waals surface area contributed by atoms with E-state index < -0.39 is 30.5 Å². The number of anilines is 1. The Kier molecular flexibility index (Phi) is 5.53. The highest BCUT2D eigenvalue weighted by Gasteiger charge is 2.19. The molecular formula is C11H12ClFN2O4. The van der Waals surface area contributed by atoms with Gasteiger partial charge in [-0.25, -0.2) is 14.0 Å². The summed E-state index contributed by atoms with van der Waals surface area (Å²) in [6.45, 7) is -0.396. The molecular weight excluding hydrogens is 279 g/mol. The van der Waals surface area contributed by atoms with Gasteiger partial charge < -0.3 is 20.8 Å². The molecule has 2 amide bonds. The first kappa shape index (κ1) is 15.2. The number of amides is 2. The van der Waals surface area contributed by atoms with Gasteiger partial charge >= 0.3 is 12.0 Å². The average molecular weight is 291 g/mol. The second-order valence-corrected chi connectivity index (χ2v) is 4.06. The van der Waals surface area contributed by atoms with Crippen LogP contribution in [0.5, 0.6) is 0 Å². The third-order valence-electron chi connectivity index (χ3n) is 2.20. The van der Waals surface area contributed by atoms with E-state index in [1.165, 1.54) is 12.1 Å². The van der Waals surface area contributed by atoms with Gasteiger partial charge in [0.25, 0.3) is 0 Å². The summed E-state index contributed by atoms with van der Waals surface area (Å²) in [5.74, 6) is -2.03. The summed E-state index contributed by atoms with van der Waals surface area (Å²) in [4.78, 5) is 22.2. The lowest BCUT2D eigenvalue weighted by Crippen LogP contribution is -2.43. The Morgan fingerprint density at radius 2 is 2.11 bits per heavy atom. The topological polar surface area (TPSA) is 98.7 Å². The minimum atomic E-state index is -1.29. The Bertz CT molecular complexity index is 484. The summed E-state index contributed by atoms with van der Waals surface area (Å²) >= 11 is 5.55. The molecule has 1 aromatic carbocycles. The highest BCUT2D eigenvalue weighted by atomic mass is 35.5. The van der Waals surface area contributed by atoms with E-state index in [9.17, 15) is 14.0 Å². The van der Waals surface area contributed by atoms with Crippen LogP contribution >= 0.6 is 11.6 Å². The second kappa shape index (κ2) is 6.91. The van der Waals surface area contributed by atoms with Crippen molar-refractivity contribution >= 4 is 29.3 Å². The summed E-state index contributed by atoms with van der Waals surface area (Å²) in [6.07, 6.45) is -0.147. The zero-order valence-corrected chi connectivity index (χ0v) is 10.4. The Hall–Kier alpha value is -1.86. The van der Waals surface area contributed by atoms with Crippen LogP contribution in [-0.4, -0.2) is 34.9 Å². The van der Waals surface area contributed by atoms with Gasteiger partial charge in [0, 0.05) is 18.1 Å². The zero-order valence-electron chi connectivity index (χ0n) is 9.69. The molecule has 0 aromatic heterocycles. The fourth-order valence-corrected chi connectivity index (χ4v) is 1.45. The van der Waals surface area contributed by atoms with E-state index in [4.69, 9.17) is 21.8 Å². The normalized spacial score (nSPS) is 11.7. The van der Waals surface area contributed by atoms with Gasteiger partial charge in [-0.2, -0.15) is 0 Å². The zero-order chi connectivity index (χ0) is 14.4. The van der Waals surface area contributed by atoms with E-state index in [0.29, 0.717) is 0 Å². The molecule has 0 bridgehead atoms. The predicted octanol–water partition coefficient (Wildman–Crippen LogP) is 1.44. The van der Waals surface area contributed by atoms with E-state index in [1.54, 1.807) is 0 Å². The van der Waals surface area contributed by atoms with Crippen molar-refractivity contribution in [1.29, 1.82) is 0 Å². The molecule has 0 saturated heterocycles. The number of carbonyl (C=O) groups is 2. The Morgan fingerprint density at radius 3 is 2.63 bits per heavy atom. The van der Waals surface area contributed by atoms with Crippen LogP contribution in [0.25, 0.3) is 0 Å². The Balaban J connectivity index is 2.66. The SMILES string of the molecule is O=C(Nc1ccc(Cl)cc1F)NC(CCO)C(=O)O. The number of benzene rings is 1. The van der Waals surface area contributed by atoms with Crippen LogP contribution in [0.3, 0.4) is 0 Å². The van der Waals surface area contributed by atoms with Crippen LogP contribution in [0.15, 0.2) is 18.2 Å². The molecule has 0 saturated carbocycles. The third-order valence-corrected chi connectivity index (χ3v) is 2.44. The van der Waals surface area contributed by atoms with Crippen LogP contribution in [0.4, 0.5) is 14.9 Å². The van der Waals surface area contributed by atoms with E-state index in [0.717, 1.165) is 6.07 Å². The second-order valence-electron chi connectivity index (χ2n) is 3.63. The molecule has 0 spiro atoms. The number of hydrogen-bond donors (Lipinski definition) is 4. The van der Waals surface area contributed by atoms with Crippen molar-refractivity contribution in [1.82, 2.24) is 5.32 Å². The smallest absolute Gasteiger partial charge is 0.326 e. The molecule has 104 valence electrons. The van der Waals surface area contributed by atoms with Crippen molar-refractivity contribution in [3.05, 3.63) is 29.0 Å². The third kappa shape index (κ3) is 4.72. The highest BCUT2D eigenvalue weighted by molar-refractivity contribution is 6.30. The monoisotopic (exact) mass is 290 g/mol. The summed E-state index contributed by atoms with van der Waals surface area (Å²) < 4.78 is 13.4. The molecule has 8 heteroatoms. The maximum Gasteiger partial charge on any atom is 0.326 e. The maximum atomic E-state index is 13.4. The lowest BCUT2D eigenvalue weighted by atomic mass is 10.2. The number of carboxylic acid groups (broad SMARTS) is 1. The molecule has 4 N–H and O–H groups in total. The van der Waals surface area contributed by atoms with Gasteiger partial charge in [-0.15, -0.1) is 0 Å². The highest BCUT2D eigenvalue weighted by Crippen LogP contribution is 2.18. The number of carbonyl (C=O) groups excluding carboxylic acids is 1. The summed E-state index contributed by atoms with van der Waals surface area (Å²) in [6, 6.07) is 1.50. The molecule has 1 unspecified atom stereocenters. The number of rotatable bonds is 5. The van der Waals surface area contributed by atoms with Crippen LogP contribution in [-0.2, 0) is 4.79 Å². The van der Waals surface area contributed by atoms with Crippen molar-refractivity contribution < 1.29 is 24.2 Å². The number of aliphatic hydroxyl groups excluding tert-OH is 1. The minimum Gasteiger partial charge on any atom is -0.480 e. The number of hydrogen-bond acceptors (Lipinski definition) is 3. The van der Waals surface area contributed by atoms with Gasteiger partial charge in [0.05, 0.1) is 5.69 Å². The molecule has 1 aromatic rings. The van der Waals surface area contributed by atoms with Gasteiger partial charge in [-0.3, -0.25) is 0 Å². The average Bonchev–Trinajstić information content (AvgIpc) is 2.32. The quantitative estimate of drug-likeness (QED) is 0.659. The molecule has 0 aliphatic heterocycles.